The SMILES string of the molecule is CCCNC(=O)[C@H](CC)N(Cc1ccc(F)cc1)C(=O)CN(c1cccc(C)c1)S(=O)(=O)c1ccccc1. The van der Waals surface area contributed by atoms with E-state index in [9.17, 15) is 22.4 Å². The Balaban J connectivity index is 2.03. The van der Waals surface area contributed by atoms with Gasteiger partial charge < -0.3 is 10.2 Å². The summed E-state index contributed by atoms with van der Waals surface area (Å²) in [4.78, 5) is 28.4. The van der Waals surface area contributed by atoms with E-state index >= 15 is 0 Å². The molecule has 0 bridgehead atoms. The number of carbonyl (C=O) groups excluding carboxylic acids is 2. The van der Waals surface area contributed by atoms with Gasteiger partial charge in [-0.2, -0.15) is 0 Å². The van der Waals surface area contributed by atoms with Gasteiger partial charge in [0.15, 0.2) is 0 Å². The molecule has 0 fully saturated rings. The molecular formula is C29H34FN3O4S. The van der Waals surface area contributed by atoms with Crippen LogP contribution in [0.25, 0.3) is 0 Å². The van der Waals surface area contributed by atoms with Gasteiger partial charge >= 0.3 is 0 Å². The number of rotatable bonds is 12. The Kier molecular flexibility index (Phi) is 10.0. The van der Waals surface area contributed by atoms with Crippen LogP contribution in [0.3, 0.4) is 0 Å². The highest BCUT2D eigenvalue weighted by atomic mass is 32.2. The van der Waals surface area contributed by atoms with Crippen molar-refractivity contribution in [1.82, 2.24) is 10.2 Å². The van der Waals surface area contributed by atoms with Gasteiger partial charge in [0.05, 0.1) is 10.6 Å². The fourth-order valence-electron chi connectivity index (χ4n) is 4.10. The van der Waals surface area contributed by atoms with Crippen molar-refractivity contribution in [3.05, 3.63) is 95.8 Å². The predicted molar refractivity (Wildman–Crippen MR) is 146 cm³/mol. The number of amides is 2. The van der Waals surface area contributed by atoms with E-state index in [0.29, 0.717) is 24.2 Å². The summed E-state index contributed by atoms with van der Waals surface area (Å²) < 4.78 is 42.1. The normalized spacial score (nSPS) is 12.0. The lowest BCUT2D eigenvalue weighted by Crippen LogP contribution is -2.52. The average Bonchev–Trinajstić information content (AvgIpc) is 2.91. The number of sulfonamides is 1. The molecule has 0 aliphatic carbocycles. The number of nitrogens with zero attached hydrogens (tertiary/aromatic N) is 2. The number of hydrogen-bond acceptors (Lipinski definition) is 4. The quantitative estimate of drug-likeness (QED) is 0.363. The summed E-state index contributed by atoms with van der Waals surface area (Å²) in [6, 6.07) is 19.6. The Morgan fingerprint density at radius 3 is 2.24 bits per heavy atom. The summed E-state index contributed by atoms with van der Waals surface area (Å²) in [6.07, 6.45) is 1.04. The standard InChI is InChI=1S/C29H34FN3O4S/c1-4-18-31-29(35)27(5-2)32(20-23-14-16-24(30)17-15-23)28(34)21-33(25-11-9-10-22(3)19-25)38(36,37)26-12-7-6-8-13-26/h6-17,19,27H,4-5,18,20-21H2,1-3H3,(H,31,35)/t27-/m0/s1. The predicted octanol–water partition coefficient (Wildman–Crippen LogP) is 4.66. The third-order valence-corrected chi connectivity index (χ3v) is 7.89. The molecule has 0 saturated carbocycles. The molecule has 9 heteroatoms. The van der Waals surface area contributed by atoms with Crippen molar-refractivity contribution in [2.24, 2.45) is 0 Å². The molecule has 0 radical (unpaired) electrons. The lowest BCUT2D eigenvalue weighted by molar-refractivity contribution is -0.140. The lowest BCUT2D eigenvalue weighted by Gasteiger charge is -2.33. The highest BCUT2D eigenvalue weighted by molar-refractivity contribution is 7.92. The van der Waals surface area contributed by atoms with Crippen molar-refractivity contribution in [2.75, 3.05) is 17.4 Å². The van der Waals surface area contributed by atoms with Crippen molar-refractivity contribution in [1.29, 1.82) is 0 Å². The van der Waals surface area contributed by atoms with Crippen LogP contribution in [0.15, 0.2) is 83.8 Å². The highest BCUT2D eigenvalue weighted by Crippen LogP contribution is 2.25. The maximum atomic E-state index is 13.9. The summed E-state index contributed by atoms with van der Waals surface area (Å²) in [5, 5.41) is 2.84. The van der Waals surface area contributed by atoms with Crippen LogP contribution in [0, 0.1) is 12.7 Å². The van der Waals surface area contributed by atoms with Crippen molar-refractivity contribution < 1.29 is 22.4 Å². The maximum Gasteiger partial charge on any atom is 0.264 e. The largest absolute Gasteiger partial charge is 0.354 e. The van der Waals surface area contributed by atoms with Crippen LogP contribution in [0.1, 0.15) is 37.8 Å². The molecule has 0 unspecified atom stereocenters. The molecule has 0 spiro atoms. The first-order valence-electron chi connectivity index (χ1n) is 12.6. The van der Waals surface area contributed by atoms with Crippen LogP contribution in [0.5, 0.6) is 0 Å². The van der Waals surface area contributed by atoms with E-state index in [1.807, 2.05) is 19.9 Å². The Hall–Kier alpha value is -3.72. The molecule has 3 aromatic rings. The topological polar surface area (TPSA) is 86.8 Å². The van der Waals surface area contributed by atoms with Gasteiger partial charge in [-0.1, -0.05) is 56.3 Å². The summed E-state index contributed by atoms with van der Waals surface area (Å²) >= 11 is 0. The van der Waals surface area contributed by atoms with E-state index in [4.69, 9.17) is 0 Å². The molecule has 3 aromatic carbocycles. The Morgan fingerprint density at radius 1 is 0.947 bits per heavy atom. The summed E-state index contributed by atoms with van der Waals surface area (Å²) in [5.41, 5.74) is 1.79. The summed E-state index contributed by atoms with van der Waals surface area (Å²) in [6.45, 7) is 5.51. The van der Waals surface area contributed by atoms with Gasteiger partial charge in [-0.25, -0.2) is 12.8 Å². The third kappa shape index (κ3) is 7.19. The molecule has 0 aliphatic heterocycles. The maximum absolute atomic E-state index is 13.9. The van der Waals surface area contributed by atoms with Crippen molar-refractivity contribution >= 4 is 27.5 Å². The number of aryl methyl sites for hydroxylation is 1. The Bertz CT molecular complexity index is 1330. The van der Waals surface area contributed by atoms with Gasteiger partial charge in [-0.3, -0.25) is 13.9 Å². The van der Waals surface area contributed by atoms with Gasteiger partial charge in [-0.15, -0.1) is 0 Å². The second kappa shape index (κ2) is 13.2. The first-order valence-corrected chi connectivity index (χ1v) is 14.1. The van der Waals surface area contributed by atoms with Crippen molar-refractivity contribution in [3.8, 4) is 0 Å². The van der Waals surface area contributed by atoms with Crippen LogP contribution in [0.4, 0.5) is 10.1 Å². The zero-order valence-corrected chi connectivity index (χ0v) is 22.7. The minimum Gasteiger partial charge on any atom is -0.354 e. The van der Waals surface area contributed by atoms with Crippen LogP contribution >= 0.6 is 0 Å². The molecule has 202 valence electrons. The monoisotopic (exact) mass is 539 g/mol. The zero-order chi connectivity index (χ0) is 27.7. The van der Waals surface area contributed by atoms with Crippen molar-refractivity contribution in [3.63, 3.8) is 0 Å². The molecule has 2 amide bonds. The molecule has 0 heterocycles. The molecule has 1 N–H and O–H groups in total. The van der Waals surface area contributed by atoms with Gasteiger partial charge in [0.1, 0.15) is 18.4 Å². The third-order valence-electron chi connectivity index (χ3n) is 6.10. The molecule has 0 aromatic heterocycles. The van der Waals surface area contributed by atoms with E-state index in [1.165, 1.54) is 29.2 Å². The minimum atomic E-state index is -4.11. The molecule has 3 rings (SSSR count). The fourth-order valence-corrected chi connectivity index (χ4v) is 5.53. The summed E-state index contributed by atoms with van der Waals surface area (Å²) in [5.74, 6) is -1.29. The lowest BCUT2D eigenvalue weighted by atomic mass is 10.1. The number of nitrogens with one attached hydrogen (secondary N) is 1. The first-order chi connectivity index (χ1) is 18.2. The minimum absolute atomic E-state index is 0.0181. The smallest absolute Gasteiger partial charge is 0.264 e. The Morgan fingerprint density at radius 2 is 1.63 bits per heavy atom. The van der Waals surface area contributed by atoms with Crippen LogP contribution in [-0.2, 0) is 26.2 Å². The molecular weight excluding hydrogens is 505 g/mol. The fraction of sp³-hybridized carbons (Fsp3) is 0.310. The number of halogens is 1. The van der Waals surface area contributed by atoms with E-state index in [1.54, 1.807) is 55.5 Å². The molecule has 1 atom stereocenters. The van der Waals surface area contributed by atoms with Gasteiger partial charge in [0.2, 0.25) is 11.8 Å². The van der Waals surface area contributed by atoms with E-state index in [0.717, 1.165) is 16.3 Å². The number of anilines is 1. The van der Waals surface area contributed by atoms with Gasteiger partial charge in [-0.05, 0) is 67.3 Å². The van der Waals surface area contributed by atoms with E-state index in [2.05, 4.69) is 5.32 Å². The molecule has 38 heavy (non-hydrogen) atoms. The summed E-state index contributed by atoms with van der Waals surface area (Å²) in [7, 11) is -4.11. The second-order valence-corrected chi connectivity index (χ2v) is 10.9. The van der Waals surface area contributed by atoms with Gasteiger partial charge in [0, 0.05) is 13.1 Å². The Labute approximate surface area is 224 Å². The number of benzene rings is 3. The zero-order valence-electron chi connectivity index (χ0n) is 21.9. The molecule has 7 nitrogen and oxygen atoms in total. The number of carbonyl (C=O) groups is 2. The first kappa shape index (κ1) is 28.8. The van der Waals surface area contributed by atoms with Crippen LogP contribution in [0.2, 0.25) is 0 Å². The molecule has 0 aliphatic rings. The number of hydrogen-bond donors (Lipinski definition) is 1. The molecule has 0 saturated heterocycles. The second-order valence-electron chi connectivity index (χ2n) is 9.03. The van der Waals surface area contributed by atoms with Crippen LogP contribution < -0.4 is 9.62 Å². The highest BCUT2D eigenvalue weighted by Gasteiger charge is 2.33. The van der Waals surface area contributed by atoms with Crippen molar-refractivity contribution in [2.45, 2.75) is 51.1 Å². The average molecular weight is 540 g/mol. The van der Waals surface area contributed by atoms with Crippen LogP contribution in [-0.4, -0.2) is 44.3 Å². The van der Waals surface area contributed by atoms with E-state index < -0.39 is 34.3 Å². The van der Waals surface area contributed by atoms with Gasteiger partial charge in [0.25, 0.3) is 10.0 Å². The van der Waals surface area contributed by atoms with E-state index in [-0.39, 0.29) is 17.3 Å².